The first kappa shape index (κ1) is 18.3. The highest BCUT2D eigenvalue weighted by atomic mass is 79.9. The van der Waals surface area contributed by atoms with E-state index in [0.29, 0.717) is 0 Å². The Hall–Kier alpha value is -2.02. The number of piperidine rings is 1. The van der Waals surface area contributed by atoms with Crippen molar-refractivity contribution in [2.45, 2.75) is 32.0 Å². The van der Waals surface area contributed by atoms with Crippen LogP contribution in [0, 0.1) is 0 Å². The maximum absolute atomic E-state index is 9.71. The maximum atomic E-state index is 9.71. The second-order valence-corrected chi connectivity index (χ2v) is 7.93. The Morgan fingerprint density at radius 2 is 1.89 bits per heavy atom. The van der Waals surface area contributed by atoms with Gasteiger partial charge in [-0.3, -0.25) is 14.9 Å². The summed E-state index contributed by atoms with van der Waals surface area (Å²) in [6.45, 7) is 3.57. The van der Waals surface area contributed by atoms with Gasteiger partial charge in [0.25, 0.3) is 0 Å². The van der Waals surface area contributed by atoms with E-state index in [-0.39, 0.29) is 6.10 Å². The number of anilines is 1. The van der Waals surface area contributed by atoms with Gasteiger partial charge in [-0.15, -0.1) is 0 Å². The second kappa shape index (κ2) is 8.33. The molecule has 0 unspecified atom stereocenters. The summed E-state index contributed by atoms with van der Waals surface area (Å²) >= 11 is 3.45. The summed E-state index contributed by atoms with van der Waals surface area (Å²) in [5, 5.41) is 13.2. The summed E-state index contributed by atoms with van der Waals surface area (Å²) in [4.78, 5) is 11.3. The molecule has 140 valence electrons. The van der Waals surface area contributed by atoms with Crippen molar-refractivity contribution in [3.8, 4) is 0 Å². The van der Waals surface area contributed by atoms with Crippen LogP contribution in [0.25, 0.3) is 11.0 Å². The van der Waals surface area contributed by atoms with E-state index >= 15 is 0 Å². The van der Waals surface area contributed by atoms with Gasteiger partial charge < -0.3 is 10.4 Å². The van der Waals surface area contributed by atoms with E-state index in [1.807, 2.05) is 18.3 Å². The summed E-state index contributed by atoms with van der Waals surface area (Å²) in [7, 11) is 0. The number of rotatable bonds is 5. The molecule has 1 aromatic carbocycles. The van der Waals surface area contributed by atoms with Crippen molar-refractivity contribution in [2.75, 3.05) is 18.4 Å². The fourth-order valence-electron chi connectivity index (χ4n) is 3.54. The van der Waals surface area contributed by atoms with Gasteiger partial charge in [0.2, 0.25) is 0 Å². The molecule has 3 aromatic rings. The smallest absolute Gasteiger partial charge is 0.112 e. The Bertz CT molecular complexity index is 925. The van der Waals surface area contributed by atoms with Crippen molar-refractivity contribution in [1.29, 1.82) is 0 Å². The zero-order chi connectivity index (χ0) is 18.6. The lowest BCUT2D eigenvalue weighted by Crippen LogP contribution is -2.35. The van der Waals surface area contributed by atoms with Crippen molar-refractivity contribution < 1.29 is 5.11 Å². The predicted molar refractivity (Wildman–Crippen MR) is 112 cm³/mol. The molecule has 6 heteroatoms. The van der Waals surface area contributed by atoms with Crippen LogP contribution in [0.4, 0.5) is 5.69 Å². The van der Waals surface area contributed by atoms with Crippen LogP contribution in [0.5, 0.6) is 0 Å². The Labute approximate surface area is 167 Å². The highest BCUT2D eigenvalue weighted by Crippen LogP contribution is 2.23. The summed E-state index contributed by atoms with van der Waals surface area (Å²) in [6, 6.07) is 12.5. The molecule has 3 heterocycles. The maximum Gasteiger partial charge on any atom is 0.112 e. The van der Waals surface area contributed by atoms with Crippen LogP contribution in [0.2, 0.25) is 0 Å². The van der Waals surface area contributed by atoms with E-state index in [4.69, 9.17) is 0 Å². The monoisotopic (exact) mass is 426 g/mol. The molecule has 1 saturated heterocycles. The molecule has 5 nitrogen and oxygen atoms in total. The lowest BCUT2D eigenvalue weighted by Gasteiger charge is -2.30. The SMILES string of the molecule is OC1CCN(Cc2ccccc2CNc2ccnc3cc(Br)cnc23)CC1. The quantitative estimate of drug-likeness (QED) is 0.646. The number of aromatic nitrogens is 2. The van der Waals surface area contributed by atoms with Gasteiger partial charge >= 0.3 is 0 Å². The fourth-order valence-corrected chi connectivity index (χ4v) is 3.86. The number of fused-ring (bicyclic) bond motifs is 1. The topological polar surface area (TPSA) is 61.3 Å². The normalized spacial score (nSPS) is 15.9. The zero-order valence-corrected chi connectivity index (χ0v) is 16.7. The fraction of sp³-hybridized carbons (Fsp3) is 0.333. The lowest BCUT2D eigenvalue weighted by molar-refractivity contribution is 0.0791. The molecule has 0 amide bonds. The van der Waals surface area contributed by atoms with E-state index in [9.17, 15) is 5.11 Å². The van der Waals surface area contributed by atoms with E-state index in [0.717, 1.165) is 60.2 Å². The van der Waals surface area contributed by atoms with Gasteiger partial charge in [-0.1, -0.05) is 24.3 Å². The van der Waals surface area contributed by atoms with Crippen LogP contribution in [0.3, 0.4) is 0 Å². The molecule has 1 aliphatic rings. The van der Waals surface area contributed by atoms with Crippen molar-refractivity contribution in [2.24, 2.45) is 0 Å². The Morgan fingerprint density at radius 1 is 1.11 bits per heavy atom. The van der Waals surface area contributed by atoms with Gasteiger partial charge in [0.05, 0.1) is 17.3 Å². The van der Waals surface area contributed by atoms with Gasteiger partial charge in [-0.2, -0.15) is 0 Å². The number of aliphatic hydroxyl groups excluding tert-OH is 1. The first-order valence-corrected chi connectivity index (χ1v) is 10.1. The predicted octanol–water partition coefficient (Wildman–Crippen LogP) is 3.96. The average Bonchev–Trinajstić information content (AvgIpc) is 2.69. The van der Waals surface area contributed by atoms with E-state index in [1.54, 1.807) is 6.20 Å². The second-order valence-electron chi connectivity index (χ2n) is 7.01. The number of halogens is 1. The summed E-state index contributed by atoms with van der Waals surface area (Å²) in [5.41, 5.74) is 5.35. The number of nitrogens with one attached hydrogen (secondary N) is 1. The van der Waals surface area contributed by atoms with Crippen molar-refractivity contribution >= 4 is 32.7 Å². The Morgan fingerprint density at radius 3 is 2.70 bits per heavy atom. The number of hydrogen-bond acceptors (Lipinski definition) is 5. The molecule has 0 aliphatic carbocycles. The number of hydrogen-bond donors (Lipinski definition) is 2. The minimum absolute atomic E-state index is 0.134. The summed E-state index contributed by atoms with van der Waals surface area (Å²) in [6.07, 6.45) is 5.21. The first-order chi connectivity index (χ1) is 13.2. The molecular weight excluding hydrogens is 404 g/mol. The molecule has 0 bridgehead atoms. The van der Waals surface area contributed by atoms with Crippen LogP contribution in [-0.2, 0) is 13.1 Å². The number of pyridine rings is 2. The number of benzene rings is 1. The van der Waals surface area contributed by atoms with E-state index in [1.165, 1.54) is 11.1 Å². The molecule has 0 radical (unpaired) electrons. The molecule has 0 saturated carbocycles. The van der Waals surface area contributed by atoms with Crippen molar-refractivity contribution in [3.63, 3.8) is 0 Å². The van der Waals surface area contributed by atoms with Gasteiger partial charge in [-0.05, 0) is 52.0 Å². The molecule has 2 aromatic heterocycles. The van der Waals surface area contributed by atoms with Crippen LogP contribution < -0.4 is 5.32 Å². The highest BCUT2D eigenvalue weighted by Gasteiger charge is 2.17. The minimum Gasteiger partial charge on any atom is -0.393 e. The third-order valence-corrected chi connectivity index (χ3v) is 5.52. The largest absolute Gasteiger partial charge is 0.393 e. The molecule has 0 atom stereocenters. The molecule has 27 heavy (non-hydrogen) atoms. The Balaban J connectivity index is 1.49. The zero-order valence-electron chi connectivity index (χ0n) is 15.1. The molecule has 1 aliphatic heterocycles. The summed E-state index contributed by atoms with van der Waals surface area (Å²) < 4.78 is 0.927. The highest BCUT2D eigenvalue weighted by molar-refractivity contribution is 9.10. The van der Waals surface area contributed by atoms with Crippen molar-refractivity contribution in [1.82, 2.24) is 14.9 Å². The third-order valence-electron chi connectivity index (χ3n) is 5.08. The van der Waals surface area contributed by atoms with Gasteiger partial charge in [0.1, 0.15) is 5.52 Å². The van der Waals surface area contributed by atoms with Crippen LogP contribution in [0.1, 0.15) is 24.0 Å². The van der Waals surface area contributed by atoms with Crippen LogP contribution in [-0.4, -0.2) is 39.2 Å². The first-order valence-electron chi connectivity index (χ1n) is 9.30. The average molecular weight is 427 g/mol. The number of nitrogens with zero attached hydrogens (tertiary/aromatic N) is 3. The molecule has 0 spiro atoms. The lowest BCUT2D eigenvalue weighted by atomic mass is 10.0. The standard InChI is InChI=1S/C21H23BrN4O/c22-17-11-20-21(25-13-17)19(5-8-23-20)24-12-15-3-1-2-4-16(15)14-26-9-6-18(27)7-10-26/h1-5,8,11,13,18,27H,6-7,9-10,12,14H2,(H,23,24). The van der Waals surface area contributed by atoms with Crippen LogP contribution >= 0.6 is 15.9 Å². The summed E-state index contributed by atoms with van der Waals surface area (Å²) in [5.74, 6) is 0. The minimum atomic E-state index is -0.134. The molecular formula is C21H23BrN4O. The molecule has 2 N–H and O–H groups in total. The number of likely N-dealkylation sites (tertiary alicyclic amines) is 1. The Kier molecular flexibility index (Phi) is 5.66. The molecule has 4 rings (SSSR count). The van der Waals surface area contributed by atoms with E-state index < -0.39 is 0 Å². The van der Waals surface area contributed by atoms with Crippen molar-refractivity contribution in [3.05, 3.63) is 64.4 Å². The third kappa shape index (κ3) is 4.46. The van der Waals surface area contributed by atoms with E-state index in [2.05, 4.69) is 60.4 Å². The molecule has 1 fully saturated rings. The van der Waals surface area contributed by atoms with Crippen LogP contribution in [0.15, 0.2) is 53.3 Å². The van der Waals surface area contributed by atoms with Gasteiger partial charge in [0.15, 0.2) is 0 Å². The van der Waals surface area contributed by atoms with Gasteiger partial charge in [-0.25, -0.2) is 0 Å². The number of aliphatic hydroxyl groups is 1. The van der Waals surface area contributed by atoms with Gasteiger partial charge in [0, 0.05) is 43.0 Å².